The molecule has 2 saturated heterocycles. The zero-order valence-electron chi connectivity index (χ0n) is 28.0. The molecule has 2 amide bonds. The molecular weight excluding hydrogens is 622 g/mol. The standard InChI is InChI=1S/C35H43N11O3/c1-36-22-29(38-20-27-12-8-14-45(27)3)25-16-40-32(41-17-25)33-42-18-26(19-43-33)30(23-37-2)39-21-28-13-9-15-46(28)34(47)31(44-35(48)49-4)24-10-6-5-7-11-24/h5-7,10-11,16-19,22-23,27-28,31,38-39H,1-2,8-9,12-15,20-21H2,3-4H3,(H,44,48)/b29-22-,30-23-/t27-,28-,31+/m0/s1. The molecule has 0 radical (unpaired) electrons. The molecule has 0 saturated carbocycles. The maximum Gasteiger partial charge on any atom is 0.407 e. The highest BCUT2D eigenvalue weighted by Crippen LogP contribution is 2.25. The molecule has 5 rings (SSSR count). The third-order valence-corrected chi connectivity index (χ3v) is 8.78. The molecule has 3 N–H and O–H groups in total. The monoisotopic (exact) mass is 665 g/mol. The van der Waals surface area contributed by atoms with Crippen molar-refractivity contribution in [3.8, 4) is 11.6 Å². The number of aromatic nitrogens is 4. The summed E-state index contributed by atoms with van der Waals surface area (Å²) in [5.41, 5.74) is 3.60. The van der Waals surface area contributed by atoms with Crippen molar-refractivity contribution in [2.75, 3.05) is 40.3 Å². The number of methoxy groups -OCH3 is 1. The fourth-order valence-electron chi connectivity index (χ4n) is 6.10. The minimum Gasteiger partial charge on any atom is -0.453 e. The Morgan fingerprint density at radius 3 is 1.92 bits per heavy atom. The summed E-state index contributed by atoms with van der Waals surface area (Å²) in [4.78, 5) is 56.0. The van der Waals surface area contributed by atoms with Crippen molar-refractivity contribution in [2.45, 2.75) is 43.8 Å². The molecule has 0 bridgehead atoms. The highest BCUT2D eigenvalue weighted by Gasteiger charge is 2.35. The topological polar surface area (TPSA) is 162 Å². The molecule has 3 aromatic rings. The van der Waals surface area contributed by atoms with E-state index in [0.717, 1.165) is 43.6 Å². The molecule has 256 valence electrons. The van der Waals surface area contributed by atoms with Crippen LogP contribution in [-0.2, 0) is 9.53 Å². The van der Waals surface area contributed by atoms with Crippen molar-refractivity contribution < 1.29 is 14.3 Å². The van der Waals surface area contributed by atoms with Crippen LogP contribution in [0, 0.1) is 0 Å². The summed E-state index contributed by atoms with van der Waals surface area (Å²) in [6, 6.07) is 8.61. The second-order valence-corrected chi connectivity index (χ2v) is 11.9. The number of amides is 2. The number of likely N-dealkylation sites (tertiary alicyclic amines) is 2. The number of ether oxygens (including phenoxy) is 1. The van der Waals surface area contributed by atoms with Crippen molar-refractivity contribution in [3.05, 3.63) is 84.2 Å². The molecule has 3 atom stereocenters. The lowest BCUT2D eigenvalue weighted by atomic mass is 10.1. The Kier molecular flexibility index (Phi) is 12.1. The fraction of sp³-hybridized carbons (Fsp3) is 0.371. The zero-order chi connectivity index (χ0) is 34.6. The first-order valence-electron chi connectivity index (χ1n) is 16.3. The van der Waals surface area contributed by atoms with Gasteiger partial charge in [0, 0.05) is 80.0 Å². The van der Waals surface area contributed by atoms with Crippen molar-refractivity contribution in [2.24, 2.45) is 9.98 Å². The summed E-state index contributed by atoms with van der Waals surface area (Å²) in [5.74, 6) is 0.546. The van der Waals surface area contributed by atoms with Gasteiger partial charge in [-0.1, -0.05) is 30.3 Å². The van der Waals surface area contributed by atoms with Crippen molar-refractivity contribution in [3.63, 3.8) is 0 Å². The molecular formula is C35H43N11O3. The number of aliphatic imine (C=N–C) groups is 2. The number of carbonyl (C=O) groups excluding carboxylic acids is 2. The minimum absolute atomic E-state index is 0.123. The van der Waals surface area contributed by atoms with E-state index in [9.17, 15) is 9.59 Å². The van der Waals surface area contributed by atoms with Crippen LogP contribution in [0.5, 0.6) is 0 Å². The smallest absolute Gasteiger partial charge is 0.407 e. The third kappa shape index (κ3) is 8.90. The number of alkyl carbamates (subject to hydrolysis) is 1. The molecule has 2 fully saturated rings. The van der Waals surface area contributed by atoms with Crippen molar-refractivity contribution in [1.82, 2.24) is 45.7 Å². The summed E-state index contributed by atoms with van der Waals surface area (Å²) < 4.78 is 4.80. The average Bonchev–Trinajstić information content (AvgIpc) is 3.79. The van der Waals surface area contributed by atoms with Crippen LogP contribution in [0.4, 0.5) is 4.79 Å². The Morgan fingerprint density at radius 1 is 0.878 bits per heavy atom. The van der Waals surface area contributed by atoms with Gasteiger partial charge in [-0.05, 0) is 58.3 Å². The van der Waals surface area contributed by atoms with Crippen LogP contribution < -0.4 is 16.0 Å². The molecule has 0 unspecified atom stereocenters. The summed E-state index contributed by atoms with van der Waals surface area (Å²) >= 11 is 0. The van der Waals surface area contributed by atoms with E-state index >= 15 is 0 Å². The Morgan fingerprint density at radius 2 is 1.41 bits per heavy atom. The van der Waals surface area contributed by atoms with Gasteiger partial charge in [0.1, 0.15) is 6.04 Å². The summed E-state index contributed by atoms with van der Waals surface area (Å²) in [5, 5.41) is 9.56. The molecule has 0 spiro atoms. The van der Waals surface area contributed by atoms with Crippen LogP contribution in [0.3, 0.4) is 0 Å². The molecule has 1 aromatic carbocycles. The second-order valence-electron chi connectivity index (χ2n) is 11.9. The van der Waals surface area contributed by atoms with Gasteiger partial charge in [-0.25, -0.2) is 24.7 Å². The molecule has 49 heavy (non-hydrogen) atoms. The number of nitrogens with zero attached hydrogens (tertiary/aromatic N) is 8. The molecule has 2 aromatic heterocycles. The average molecular weight is 666 g/mol. The first kappa shape index (κ1) is 34.8. The van der Waals surface area contributed by atoms with Gasteiger partial charge in [0.25, 0.3) is 0 Å². The van der Waals surface area contributed by atoms with E-state index in [1.54, 1.807) is 42.1 Å². The van der Waals surface area contributed by atoms with Gasteiger partial charge in [-0.2, -0.15) is 0 Å². The Balaban J connectivity index is 1.23. The van der Waals surface area contributed by atoms with E-state index in [0.29, 0.717) is 47.6 Å². The first-order chi connectivity index (χ1) is 23.9. The van der Waals surface area contributed by atoms with E-state index in [2.05, 4.69) is 71.3 Å². The van der Waals surface area contributed by atoms with Gasteiger partial charge in [0.2, 0.25) is 5.91 Å². The van der Waals surface area contributed by atoms with Crippen LogP contribution >= 0.6 is 0 Å². The predicted octanol–water partition coefficient (Wildman–Crippen LogP) is 3.29. The third-order valence-electron chi connectivity index (χ3n) is 8.78. The number of benzene rings is 1. The van der Waals surface area contributed by atoms with E-state index in [-0.39, 0.29) is 11.9 Å². The lowest BCUT2D eigenvalue weighted by Crippen LogP contribution is -2.47. The predicted molar refractivity (Wildman–Crippen MR) is 189 cm³/mol. The maximum absolute atomic E-state index is 13.7. The molecule has 2 aliphatic rings. The van der Waals surface area contributed by atoms with Crippen LogP contribution in [0.25, 0.3) is 23.0 Å². The largest absolute Gasteiger partial charge is 0.453 e. The van der Waals surface area contributed by atoms with Crippen LogP contribution in [0.2, 0.25) is 0 Å². The molecule has 0 aliphatic carbocycles. The second kappa shape index (κ2) is 17.1. The van der Waals surface area contributed by atoms with E-state index in [4.69, 9.17) is 4.74 Å². The fourth-order valence-corrected chi connectivity index (χ4v) is 6.10. The normalized spacial score (nSPS) is 18.9. The lowest BCUT2D eigenvalue weighted by Gasteiger charge is -2.30. The molecule has 2 aliphatic heterocycles. The van der Waals surface area contributed by atoms with Gasteiger partial charge in [-0.15, -0.1) is 0 Å². The van der Waals surface area contributed by atoms with Crippen LogP contribution in [-0.4, -0.2) is 108 Å². The Hall–Kier alpha value is -5.50. The lowest BCUT2D eigenvalue weighted by molar-refractivity contribution is -0.134. The summed E-state index contributed by atoms with van der Waals surface area (Å²) in [6.07, 6.45) is 13.3. The Bertz CT molecular complexity index is 1650. The van der Waals surface area contributed by atoms with Gasteiger partial charge < -0.3 is 30.5 Å². The van der Waals surface area contributed by atoms with Gasteiger partial charge >= 0.3 is 6.09 Å². The number of rotatable bonds is 14. The van der Waals surface area contributed by atoms with E-state index < -0.39 is 12.1 Å². The quantitative estimate of drug-likeness (QED) is 0.218. The highest BCUT2D eigenvalue weighted by molar-refractivity contribution is 5.87. The van der Waals surface area contributed by atoms with Crippen molar-refractivity contribution in [1.29, 1.82) is 0 Å². The van der Waals surface area contributed by atoms with Gasteiger partial charge in [0.15, 0.2) is 11.6 Å². The SMILES string of the molecule is C=N/C=C(\NC[C@@H]1CCCN1C)c1cnc(-c2ncc(/C(=C/N=C)NC[C@@H]3CCCN3C(=O)[C@H](NC(=O)OC)c3ccccc3)cn2)nc1. The molecule has 14 heteroatoms. The summed E-state index contributed by atoms with van der Waals surface area (Å²) in [6.45, 7) is 10.1. The van der Waals surface area contributed by atoms with Crippen LogP contribution in [0.1, 0.15) is 48.4 Å². The zero-order valence-corrected chi connectivity index (χ0v) is 28.0. The maximum atomic E-state index is 13.7. The molecule has 14 nitrogen and oxygen atoms in total. The van der Waals surface area contributed by atoms with Gasteiger partial charge in [-0.3, -0.25) is 14.8 Å². The number of likely N-dealkylation sites (N-methyl/N-ethyl adjacent to an activating group) is 1. The number of hydrogen-bond acceptors (Lipinski definition) is 12. The number of nitrogens with one attached hydrogen (secondary N) is 3. The van der Waals surface area contributed by atoms with Crippen molar-refractivity contribution >= 4 is 36.8 Å². The first-order valence-corrected chi connectivity index (χ1v) is 16.3. The number of hydrogen-bond donors (Lipinski definition) is 3. The van der Waals surface area contributed by atoms with Gasteiger partial charge in [0.05, 0.1) is 18.5 Å². The van der Waals surface area contributed by atoms with Crippen LogP contribution in [0.15, 0.2) is 77.5 Å². The van der Waals surface area contributed by atoms with E-state index in [1.807, 2.05) is 30.3 Å². The Labute approximate surface area is 286 Å². The van der Waals surface area contributed by atoms with E-state index in [1.165, 1.54) is 13.5 Å². The highest BCUT2D eigenvalue weighted by atomic mass is 16.5. The number of carbonyl (C=O) groups is 2. The minimum atomic E-state index is -0.868. The molecule has 4 heterocycles. The summed E-state index contributed by atoms with van der Waals surface area (Å²) in [7, 11) is 3.42.